The molecule has 0 aliphatic heterocycles. The molecule has 6 nitrogen and oxygen atoms in total. The minimum atomic E-state index is -3.66. The lowest BCUT2D eigenvalue weighted by Gasteiger charge is -2.05. The molecule has 130 valence electrons. The molecule has 0 spiro atoms. The van der Waals surface area contributed by atoms with E-state index < -0.39 is 10.0 Å². The first-order chi connectivity index (χ1) is 12.0. The largest absolute Gasteiger partial charge is 0.357 e. The Morgan fingerprint density at radius 2 is 1.88 bits per heavy atom. The van der Waals surface area contributed by atoms with Crippen LogP contribution in [-0.2, 0) is 16.6 Å². The Kier molecular flexibility index (Phi) is 5.07. The maximum atomic E-state index is 12.9. The van der Waals surface area contributed by atoms with Crippen molar-refractivity contribution >= 4 is 27.3 Å². The van der Waals surface area contributed by atoms with Gasteiger partial charge in [-0.3, -0.25) is 0 Å². The highest BCUT2D eigenvalue weighted by atomic mass is 32.2. The van der Waals surface area contributed by atoms with Gasteiger partial charge in [-0.1, -0.05) is 12.1 Å². The van der Waals surface area contributed by atoms with Gasteiger partial charge in [0.05, 0.1) is 10.6 Å². The first kappa shape index (κ1) is 17.5. The Morgan fingerprint density at radius 1 is 1.12 bits per heavy atom. The third-order valence-corrected chi connectivity index (χ3v) is 6.36. The smallest absolute Gasteiger partial charge is 0.250 e. The number of benzene rings is 1. The summed E-state index contributed by atoms with van der Waals surface area (Å²) in [6.45, 7) is 0.0905. The second kappa shape index (κ2) is 7.26. The van der Waals surface area contributed by atoms with Crippen molar-refractivity contribution < 1.29 is 12.8 Å². The number of hydrogen-bond acceptors (Lipinski definition) is 6. The van der Waals surface area contributed by atoms with E-state index in [1.54, 1.807) is 25.4 Å². The minimum Gasteiger partial charge on any atom is -0.357 e. The number of hydrogen-bond donors (Lipinski definition) is 2. The average Bonchev–Trinajstić information content (AvgIpc) is 3.12. The van der Waals surface area contributed by atoms with Crippen molar-refractivity contribution in [2.45, 2.75) is 10.8 Å². The second-order valence-electron chi connectivity index (χ2n) is 5.09. The minimum absolute atomic E-state index is 0.0905. The van der Waals surface area contributed by atoms with Crippen LogP contribution < -0.4 is 10.0 Å². The highest BCUT2D eigenvalue weighted by Crippen LogP contribution is 2.29. The fourth-order valence-electron chi connectivity index (χ4n) is 2.07. The van der Waals surface area contributed by atoms with Crippen LogP contribution >= 0.6 is 11.3 Å². The summed E-state index contributed by atoms with van der Waals surface area (Å²) in [6.07, 6.45) is 1.61. The van der Waals surface area contributed by atoms with E-state index in [9.17, 15) is 12.8 Å². The summed E-state index contributed by atoms with van der Waals surface area (Å²) in [4.78, 5) is 9.05. The molecule has 0 amide bonds. The standard InChI is InChI=1S/C16H15FN4O2S2/c1-18-16-19-9-8-13(21-16)14-6-7-15(24-14)25(22,23)20-10-11-2-4-12(17)5-3-11/h2-9,20H,10H2,1H3,(H,18,19,21). The predicted molar refractivity (Wildman–Crippen MR) is 95.3 cm³/mol. The lowest BCUT2D eigenvalue weighted by atomic mass is 10.2. The van der Waals surface area contributed by atoms with E-state index in [-0.39, 0.29) is 16.6 Å². The molecule has 2 N–H and O–H groups in total. The summed E-state index contributed by atoms with van der Waals surface area (Å²) in [7, 11) is -1.94. The van der Waals surface area contributed by atoms with Gasteiger partial charge in [0.2, 0.25) is 16.0 Å². The van der Waals surface area contributed by atoms with Crippen LogP contribution in [0.25, 0.3) is 10.6 Å². The van der Waals surface area contributed by atoms with E-state index in [0.29, 0.717) is 17.2 Å². The van der Waals surface area contributed by atoms with E-state index in [1.165, 1.54) is 30.3 Å². The molecular formula is C16H15FN4O2S2. The number of aromatic nitrogens is 2. The van der Waals surface area contributed by atoms with E-state index >= 15 is 0 Å². The second-order valence-corrected chi connectivity index (χ2v) is 8.16. The maximum Gasteiger partial charge on any atom is 0.250 e. The molecular weight excluding hydrogens is 363 g/mol. The van der Waals surface area contributed by atoms with Gasteiger partial charge in [0.15, 0.2) is 0 Å². The zero-order valence-corrected chi connectivity index (χ0v) is 14.9. The van der Waals surface area contributed by atoms with E-state index in [4.69, 9.17) is 0 Å². The van der Waals surface area contributed by atoms with Crippen molar-refractivity contribution in [3.8, 4) is 10.6 Å². The van der Waals surface area contributed by atoms with Crippen molar-refractivity contribution in [2.24, 2.45) is 0 Å². The van der Waals surface area contributed by atoms with Crippen molar-refractivity contribution in [1.82, 2.24) is 14.7 Å². The normalized spacial score (nSPS) is 11.4. The highest BCUT2D eigenvalue weighted by Gasteiger charge is 2.17. The molecule has 9 heteroatoms. The molecule has 0 fully saturated rings. The molecule has 2 heterocycles. The zero-order chi connectivity index (χ0) is 17.9. The van der Waals surface area contributed by atoms with Crippen molar-refractivity contribution in [3.05, 3.63) is 60.0 Å². The van der Waals surface area contributed by atoms with Crippen molar-refractivity contribution in [1.29, 1.82) is 0 Å². The highest BCUT2D eigenvalue weighted by molar-refractivity contribution is 7.91. The molecule has 3 aromatic rings. The number of nitrogens with one attached hydrogen (secondary N) is 2. The van der Waals surface area contributed by atoms with Gasteiger partial charge in [-0.25, -0.2) is 27.5 Å². The lowest BCUT2D eigenvalue weighted by molar-refractivity contribution is 0.583. The van der Waals surface area contributed by atoms with Crippen LogP contribution in [0.15, 0.2) is 52.9 Å². The zero-order valence-electron chi connectivity index (χ0n) is 13.2. The molecule has 0 radical (unpaired) electrons. The Morgan fingerprint density at radius 3 is 2.60 bits per heavy atom. The van der Waals surface area contributed by atoms with Gasteiger partial charge in [0.1, 0.15) is 10.0 Å². The SMILES string of the molecule is CNc1nccc(-c2ccc(S(=O)(=O)NCc3ccc(F)cc3)s2)n1. The third kappa shape index (κ3) is 4.19. The molecule has 0 unspecified atom stereocenters. The predicted octanol–water partition coefficient (Wildman–Crippen LogP) is 2.86. The Bertz CT molecular complexity index is 972. The van der Waals surface area contributed by atoms with Gasteiger partial charge < -0.3 is 5.32 Å². The summed E-state index contributed by atoms with van der Waals surface area (Å²) in [5, 5.41) is 2.84. The molecule has 0 aliphatic carbocycles. The summed E-state index contributed by atoms with van der Waals surface area (Å²) in [5.74, 6) is 0.102. The van der Waals surface area contributed by atoms with E-state index in [1.807, 2.05) is 0 Å². The van der Waals surface area contributed by atoms with Gasteiger partial charge in [0.25, 0.3) is 0 Å². The molecule has 0 atom stereocenters. The molecule has 25 heavy (non-hydrogen) atoms. The van der Waals surface area contributed by atoms with Crippen LogP contribution in [0.4, 0.5) is 10.3 Å². The quantitative estimate of drug-likeness (QED) is 0.689. The Labute approximate surface area is 148 Å². The van der Waals surface area contributed by atoms with Crippen LogP contribution in [-0.4, -0.2) is 25.4 Å². The maximum absolute atomic E-state index is 12.9. The van der Waals surface area contributed by atoms with Crippen LogP contribution in [0.1, 0.15) is 5.56 Å². The van der Waals surface area contributed by atoms with E-state index in [0.717, 1.165) is 16.2 Å². The molecule has 0 saturated heterocycles. The first-order valence-electron chi connectivity index (χ1n) is 7.33. The number of thiophene rings is 1. The van der Waals surface area contributed by atoms with Gasteiger partial charge in [-0.2, -0.15) is 0 Å². The molecule has 3 rings (SSSR count). The van der Waals surface area contributed by atoms with Gasteiger partial charge in [-0.15, -0.1) is 11.3 Å². The Balaban J connectivity index is 1.76. The number of rotatable bonds is 6. The topological polar surface area (TPSA) is 84.0 Å². The van der Waals surface area contributed by atoms with Gasteiger partial charge >= 0.3 is 0 Å². The van der Waals surface area contributed by atoms with E-state index in [2.05, 4.69) is 20.0 Å². The monoisotopic (exact) mass is 378 g/mol. The number of halogens is 1. The summed E-state index contributed by atoms with van der Waals surface area (Å²) in [5.41, 5.74) is 1.32. The molecule has 0 aliphatic rings. The van der Waals surface area contributed by atoms with Crippen LogP contribution in [0.2, 0.25) is 0 Å². The summed E-state index contributed by atoms with van der Waals surface area (Å²) in [6, 6.07) is 10.6. The summed E-state index contributed by atoms with van der Waals surface area (Å²) >= 11 is 1.12. The lowest BCUT2D eigenvalue weighted by Crippen LogP contribution is -2.22. The third-order valence-electron chi connectivity index (χ3n) is 3.36. The molecule has 2 aromatic heterocycles. The van der Waals surface area contributed by atoms with Crippen LogP contribution in [0.3, 0.4) is 0 Å². The molecule has 1 aromatic carbocycles. The van der Waals surface area contributed by atoms with Crippen molar-refractivity contribution in [3.63, 3.8) is 0 Å². The van der Waals surface area contributed by atoms with Gasteiger partial charge in [0, 0.05) is 19.8 Å². The number of sulfonamides is 1. The van der Waals surface area contributed by atoms with Crippen molar-refractivity contribution in [2.75, 3.05) is 12.4 Å². The fraction of sp³-hybridized carbons (Fsp3) is 0.125. The number of nitrogens with zero attached hydrogens (tertiary/aromatic N) is 2. The van der Waals surface area contributed by atoms with Gasteiger partial charge in [-0.05, 0) is 35.9 Å². The fourth-order valence-corrected chi connectivity index (χ4v) is 4.41. The molecule has 0 bridgehead atoms. The molecule has 0 saturated carbocycles. The number of anilines is 1. The average molecular weight is 378 g/mol. The first-order valence-corrected chi connectivity index (χ1v) is 9.63. The Hall–Kier alpha value is -2.36. The van der Waals surface area contributed by atoms with Crippen LogP contribution in [0.5, 0.6) is 0 Å². The van der Waals surface area contributed by atoms with Crippen LogP contribution in [0, 0.1) is 5.82 Å². The summed E-state index contributed by atoms with van der Waals surface area (Å²) < 4.78 is 40.4.